The first-order chi connectivity index (χ1) is 21.9. The average molecular weight is 644 g/mol. The van der Waals surface area contributed by atoms with Gasteiger partial charge in [-0.15, -0.1) is 5.10 Å². The molecule has 0 saturated carbocycles. The maximum absolute atomic E-state index is 13.9. The van der Waals surface area contributed by atoms with Gasteiger partial charge in [0.1, 0.15) is 17.7 Å². The van der Waals surface area contributed by atoms with E-state index in [0.717, 1.165) is 10.2 Å². The monoisotopic (exact) mass is 643 g/mol. The maximum atomic E-state index is 13.9. The van der Waals surface area contributed by atoms with Gasteiger partial charge in [0, 0.05) is 28.8 Å². The number of esters is 1. The molecule has 0 aliphatic carbocycles. The molecule has 1 aromatic heterocycles. The van der Waals surface area contributed by atoms with Crippen molar-refractivity contribution in [3.63, 3.8) is 0 Å². The van der Waals surface area contributed by atoms with Crippen LogP contribution in [0.4, 0.5) is 5.69 Å². The Morgan fingerprint density at radius 2 is 1.70 bits per heavy atom. The van der Waals surface area contributed by atoms with Gasteiger partial charge in [-0.2, -0.15) is 0 Å². The van der Waals surface area contributed by atoms with E-state index in [4.69, 9.17) is 25.8 Å². The number of carbonyl (C=O) groups excluding carboxylic acids is 3. The predicted molar refractivity (Wildman–Crippen MR) is 174 cm³/mol. The quantitative estimate of drug-likeness (QED) is 0.167. The van der Waals surface area contributed by atoms with E-state index < -0.39 is 29.1 Å². The van der Waals surface area contributed by atoms with Crippen LogP contribution in [0.3, 0.4) is 0 Å². The number of aromatic nitrogens is 2. The molecule has 0 bridgehead atoms. The molecule has 1 saturated heterocycles. The number of benzene rings is 3. The van der Waals surface area contributed by atoms with Gasteiger partial charge in [-0.1, -0.05) is 41.9 Å². The van der Waals surface area contributed by atoms with E-state index >= 15 is 0 Å². The molecule has 2 heterocycles. The highest BCUT2D eigenvalue weighted by atomic mass is 35.5. The van der Waals surface area contributed by atoms with Crippen LogP contribution in [-0.2, 0) is 20.7 Å². The third-order valence-electron chi connectivity index (χ3n) is 7.12. The fourth-order valence-electron chi connectivity index (χ4n) is 4.82. The van der Waals surface area contributed by atoms with E-state index in [9.17, 15) is 19.2 Å². The largest absolute Gasteiger partial charge is 0.468 e. The Hall–Kier alpha value is -4.80. The number of nitrogens with one attached hydrogen (secondary N) is 1. The van der Waals surface area contributed by atoms with E-state index in [1.807, 2.05) is 30.3 Å². The summed E-state index contributed by atoms with van der Waals surface area (Å²) in [6, 6.07) is 20.5. The topological polar surface area (TPSA) is 126 Å². The van der Waals surface area contributed by atoms with Crippen molar-refractivity contribution in [1.29, 1.82) is 0 Å². The lowest BCUT2D eigenvalue weighted by molar-refractivity contribution is -0.119. The summed E-state index contributed by atoms with van der Waals surface area (Å²) in [5.41, 5.74) is 1.30. The van der Waals surface area contributed by atoms with Crippen molar-refractivity contribution in [3.05, 3.63) is 111 Å². The van der Waals surface area contributed by atoms with Crippen molar-refractivity contribution < 1.29 is 28.6 Å². The second-order valence-corrected chi connectivity index (χ2v) is 12.4. The third kappa shape index (κ3) is 7.88. The first-order valence-corrected chi connectivity index (χ1v) is 15.1. The summed E-state index contributed by atoms with van der Waals surface area (Å²) < 4.78 is 17.9. The number of hydrogen-bond acceptors (Lipinski definition) is 8. The molecule has 10 nitrogen and oxygen atoms in total. The number of rotatable bonds is 10. The lowest BCUT2D eigenvalue weighted by atomic mass is 9.98. The van der Waals surface area contributed by atoms with Crippen LogP contribution < -0.4 is 15.6 Å². The summed E-state index contributed by atoms with van der Waals surface area (Å²) in [5.74, 6) is -1.17. The van der Waals surface area contributed by atoms with E-state index in [1.54, 1.807) is 63.2 Å². The van der Waals surface area contributed by atoms with Crippen LogP contribution in [0.5, 0.6) is 5.88 Å². The second kappa shape index (κ2) is 13.7. The average Bonchev–Trinajstić information content (AvgIpc) is 2.98. The smallest absolute Gasteiger partial charge is 0.338 e. The molecule has 1 amide bonds. The lowest BCUT2D eigenvalue weighted by Crippen LogP contribution is -2.40. The molecule has 5 rings (SSSR count). The summed E-state index contributed by atoms with van der Waals surface area (Å²) in [6.07, 6.45) is -0.196. The van der Waals surface area contributed by atoms with Gasteiger partial charge in [0.2, 0.25) is 11.8 Å². The normalized spacial score (nSPS) is 13.8. The molecule has 4 aromatic rings. The van der Waals surface area contributed by atoms with Crippen LogP contribution in [0.25, 0.3) is 11.1 Å². The van der Waals surface area contributed by atoms with Crippen molar-refractivity contribution in [1.82, 2.24) is 9.78 Å². The zero-order chi connectivity index (χ0) is 33.0. The number of amides is 1. The predicted octanol–water partition coefficient (Wildman–Crippen LogP) is 5.92. The van der Waals surface area contributed by atoms with Crippen molar-refractivity contribution >= 4 is 34.9 Å². The molecule has 1 fully saturated rings. The Labute approximate surface area is 271 Å². The molecule has 0 spiro atoms. The minimum atomic E-state index is -1.10. The molecule has 0 unspecified atom stereocenters. The highest BCUT2D eigenvalue weighted by Gasteiger charge is 2.29. The highest BCUT2D eigenvalue weighted by molar-refractivity contribution is 6.31. The molecule has 238 valence electrons. The van der Waals surface area contributed by atoms with Gasteiger partial charge in [0.05, 0.1) is 24.3 Å². The van der Waals surface area contributed by atoms with Gasteiger partial charge in [-0.05, 0) is 81.3 Å². The zero-order valence-electron chi connectivity index (χ0n) is 25.9. The standard InChI is InChI=1S/C35H34ClN3O7/c1-21(40)27-15-12-24(36)17-28(27)29-18-31(41)39(38-33(29)45-26-19-44-20-26)30(16-22-8-6-5-7-9-22)32(42)37-25-13-10-23(11-14-25)34(43)46-35(2,3)4/h5-15,17-18,26,30H,16,19-20H2,1-4H3,(H,37,42)/t30-/m0/s1. The summed E-state index contributed by atoms with van der Waals surface area (Å²) in [5, 5.41) is 7.79. The fourth-order valence-corrected chi connectivity index (χ4v) is 4.99. The summed E-state index contributed by atoms with van der Waals surface area (Å²) >= 11 is 6.30. The first-order valence-electron chi connectivity index (χ1n) is 14.8. The zero-order valence-corrected chi connectivity index (χ0v) is 26.7. The van der Waals surface area contributed by atoms with Crippen molar-refractivity contribution in [2.45, 2.75) is 51.9 Å². The number of Topliss-reactive ketones (excluding diaryl/α,β-unsaturated/α-hetero) is 1. The SMILES string of the molecule is CC(=O)c1ccc(Cl)cc1-c1cc(=O)n([C@@H](Cc2ccccc2)C(=O)Nc2ccc(C(=O)OC(C)(C)C)cc2)nc1OC1COC1. The van der Waals surface area contributed by atoms with Crippen LogP contribution in [0.1, 0.15) is 60.0 Å². The molecule has 1 N–H and O–H groups in total. The summed E-state index contributed by atoms with van der Waals surface area (Å²) in [4.78, 5) is 52.7. The van der Waals surface area contributed by atoms with Crippen molar-refractivity contribution in [2.75, 3.05) is 18.5 Å². The highest BCUT2D eigenvalue weighted by Crippen LogP contribution is 2.34. The first kappa shape index (κ1) is 32.6. The summed E-state index contributed by atoms with van der Waals surface area (Å²) in [7, 11) is 0. The summed E-state index contributed by atoms with van der Waals surface area (Å²) in [6.45, 7) is 7.40. The van der Waals surface area contributed by atoms with E-state index in [-0.39, 0.29) is 29.8 Å². The van der Waals surface area contributed by atoms with Gasteiger partial charge < -0.3 is 19.5 Å². The Kier molecular flexibility index (Phi) is 9.69. The molecule has 11 heteroatoms. The molecule has 3 aromatic carbocycles. The minimum Gasteiger partial charge on any atom is -0.468 e. The Morgan fingerprint density at radius 1 is 1.00 bits per heavy atom. The number of ketones is 1. The third-order valence-corrected chi connectivity index (χ3v) is 7.35. The number of ether oxygens (including phenoxy) is 3. The number of carbonyl (C=O) groups is 3. The number of hydrogen-bond donors (Lipinski definition) is 1. The fraction of sp³-hybridized carbons (Fsp3) is 0.286. The molecular weight excluding hydrogens is 610 g/mol. The van der Waals surface area contributed by atoms with Crippen LogP contribution in [0.2, 0.25) is 5.02 Å². The van der Waals surface area contributed by atoms with Crippen LogP contribution in [0, 0.1) is 0 Å². The molecule has 1 atom stereocenters. The van der Waals surface area contributed by atoms with Gasteiger partial charge >= 0.3 is 5.97 Å². The minimum absolute atomic E-state index is 0.0604. The Balaban J connectivity index is 1.54. The van der Waals surface area contributed by atoms with Crippen LogP contribution in [-0.4, -0.2) is 52.4 Å². The van der Waals surface area contributed by atoms with Crippen LogP contribution in [0.15, 0.2) is 83.7 Å². The maximum Gasteiger partial charge on any atom is 0.338 e. The van der Waals surface area contributed by atoms with Gasteiger partial charge in [-0.3, -0.25) is 14.4 Å². The number of nitrogens with zero attached hydrogens (tertiary/aromatic N) is 2. The molecule has 1 aliphatic rings. The van der Waals surface area contributed by atoms with Gasteiger partial charge in [0.15, 0.2) is 5.78 Å². The molecular formula is C35H34ClN3O7. The molecule has 1 aliphatic heterocycles. The van der Waals surface area contributed by atoms with Gasteiger partial charge in [-0.25, -0.2) is 9.48 Å². The van der Waals surface area contributed by atoms with Crippen LogP contribution >= 0.6 is 11.6 Å². The van der Waals surface area contributed by atoms with Crippen molar-refractivity contribution in [3.8, 4) is 17.0 Å². The molecule has 0 radical (unpaired) electrons. The molecule has 46 heavy (non-hydrogen) atoms. The number of halogens is 1. The second-order valence-electron chi connectivity index (χ2n) is 11.9. The Morgan fingerprint density at radius 3 is 2.30 bits per heavy atom. The van der Waals surface area contributed by atoms with E-state index in [2.05, 4.69) is 10.4 Å². The Bertz CT molecular complexity index is 1810. The van der Waals surface area contributed by atoms with Crippen molar-refractivity contribution in [2.24, 2.45) is 0 Å². The van der Waals surface area contributed by atoms with E-state index in [1.165, 1.54) is 13.0 Å². The van der Waals surface area contributed by atoms with E-state index in [0.29, 0.717) is 40.6 Å². The number of anilines is 1. The van der Waals surface area contributed by atoms with Gasteiger partial charge in [0.25, 0.3) is 5.56 Å². The lowest BCUT2D eigenvalue weighted by Gasteiger charge is -2.28.